The van der Waals surface area contributed by atoms with Gasteiger partial charge in [-0.15, -0.1) is 0 Å². The molecule has 3 aromatic rings. The second kappa shape index (κ2) is 10.9. The van der Waals surface area contributed by atoms with Gasteiger partial charge in [0.1, 0.15) is 10.6 Å². The van der Waals surface area contributed by atoms with E-state index in [1.54, 1.807) is 60.7 Å². The van der Waals surface area contributed by atoms with Crippen molar-refractivity contribution in [3.63, 3.8) is 0 Å². The number of nitrogens with one attached hydrogen (secondary N) is 3. The summed E-state index contributed by atoms with van der Waals surface area (Å²) < 4.78 is 35.1. The lowest BCUT2D eigenvalue weighted by atomic mass is 10.1. The topological polar surface area (TPSA) is 99.8 Å². The second-order valence-corrected chi connectivity index (χ2v) is 10.2. The Hall–Kier alpha value is -3.43. The highest BCUT2D eigenvalue weighted by molar-refractivity contribution is 7.93. The van der Waals surface area contributed by atoms with Crippen molar-refractivity contribution in [1.82, 2.24) is 0 Å². The summed E-state index contributed by atoms with van der Waals surface area (Å²) >= 11 is 5.98. The van der Waals surface area contributed by atoms with Gasteiger partial charge in [-0.25, -0.2) is 13.2 Å². The summed E-state index contributed by atoms with van der Waals surface area (Å²) in [7, 11) is -2.53. The molecule has 0 atom stereocenters. The maximum Gasteiger partial charge on any atom is 0.323 e. The van der Waals surface area contributed by atoms with Crippen LogP contribution in [0.2, 0.25) is 5.02 Å². The highest BCUT2D eigenvalue weighted by Gasteiger charge is 2.25. The van der Waals surface area contributed by atoms with Gasteiger partial charge in [0.05, 0.1) is 18.5 Å². The molecule has 35 heavy (non-hydrogen) atoms. The van der Waals surface area contributed by atoms with Crippen molar-refractivity contribution in [3.8, 4) is 5.75 Å². The van der Waals surface area contributed by atoms with Gasteiger partial charge in [-0.2, -0.15) is 0 Å². The van der Waals surface area contributed by atoms with Crippen molar-refractivity contribution >= 4 is 50.4 Å². The van der Waals surface area contributed by atoms with Crippen molar-refractivity contribution in [1.29, 1.82) is 0 Å². The van der Waals surface area contributed by atoms with Crippen LogP contribution in [0.3, 0.4) is 0 Å². The second-order valence-electron chi connectivity index (χ2n) is 8.13. The lowest BCUT2D eigenvalue weighted by Crippen LogP contribution is -2.31. The largest absolute Gasteiger partial charge is 0.495 e. The molecule has 0 aliphatic carbocycles. The number of rotatable bonds is 7. The number of carbonyl (C=O) groups excluding carboxylic acids is 1. The van der Waals surface area contributed by atoms with Crippen LogP contribution in [0.15, 0.2) is 71.6 Å². The lowest BCUT2D eigenvalue weighted by molar-refractivity contribution is 0.262. The van der Waals surface area contributed by atoms with E-state index in [9.17, 15) is 13.2 Å². The van der Waals surface area contributed by atoms with Crippen LogP contribution in [-0.4, -0.2) is 34.6 Å². The van der Waals surface area contributed by atoms with Gasteiger partial charge in [-0.1, -0.05) is 29.8 Å². The molecular formula is C25H27ClN4O4S. The average Bonchev–Trinajstić information content (AvgIpc) is 2.84. The first-order valence-corrected chi connectivity index (χ1v) is 13.1. The lowest BCUT2D eigenvalue weighted by Gasteiger charge is -2.30. The molecule has 0 unspecified atom stereocenters. The van der Waals surface area contributed by atoms with Crippen molar-refractivity contribution in [2.24, 2.45) is 0 Å². The van der Waals surface area contributed by atoms with Crippen molar-refractivity contribution in [2.75, 3.05) is 40.5 Å². The van der Waals surface area contributed by atoms with Crippen LogP contribution in [0.1, 0.15) is 19.3 Å². The molecule has 3 N–H and O–H groups in total. The molecule has 2 amide bonds. The molecule has 4 rings (SSSR count). The predicted molar refractivity (Wildman–Crippen MR) is 140 cm³/mol. The van der Waals surface area contributed by atoms with E-state index >= 15 is 0 Å². The number of anilines is 4. The van der Waals surface area contributed by atoms with Crippen LogP contribution in [-0.2, 0) is 10.0 Å². The van der Waals surface area contributed by atoms with E-state index in [4.69, 9.17) is 16.3 Å². The molecule has 1 aliphatic heterocycles. The molecule has 184 valence electrons. The van der Waals surface area contributed by atoms with Crippen LogP contribution >= 0.6 is 11.6 Å². The minimum Gasteiger partial charge on any atom is -0.495 e. The zero-order valence-electron chi connectivity index (χ0n) is 19.3. The zero-order valence-corrected chi connectivity index (χ0v) is 20.8. The smallest absolute Gasteiger partial charge is 0.323 e. The molecule has 0 bridgehead atoms. The van der Waals surface area contributed by atoms with Crippen molar-refractivity contribution in [2.45, 2.75) is 24.2 Å². The van der Waals surface area contributed by atoms with Gasteiger partial charge in [-0.05, 0) is 67.8 Å². The number of para-hydroxylation sites is 2. The number of amides is 2. The Morgan fingerprint density at radius 3 is 2.34 bits per heavy atom. The molecule has 8 nitrogen and oxygen atoms in total. The van der Waals surface area contributed by atoms with Gasteiger partial charge < -0.3 is 20.3 Å². The summed E-state index contributed by atoms with van der Waals surface area (Å²) in [5, 5.41) is 5.90. The van der Waals surface area contributed by atoms with E-state index in [1.807, 2.05) is 0 Å². The summed E-state index contributed by atoms with van der Waals surface area (Å²) in [6.45, 7) is 1.53. The third kappa shape index (κ3) is 6.17. The molecule has 3 aromatic carbocycles. The van der Waals surface area contributed by atoms with Gasteiger partial charge in [0.15, 0.2) is 0 Å². The molecule has 1 heterocycles. The van der Waals surface area contributed by atoms with E-state index in [0.717, 1.165) is 32.4 Å². The minimum absolute atomic E-state index is 0.0749. The molecule has 0 saturated carbocycles. The SMILES string of the molecule is COc1ccccc1NS(=O)(=O)c1cc(NC(=O)Nc2cccc(Cl)c2)ccc1N1CCCCC1. The van der Waals surface area contributed by atoms with E-state index in [1.165, 1.54) is 13.2 Å². The van der Waals surface area contributed by atoms with Gasteiger partial charge >= 0.3 is 6.03 Å². The Morgan fingerprint density at radius 2 is 1.63 bits per heavy atom. The van der Waals surface area contributed by atoms with E-state index in [2.05, 4.69) is 20.3 Å². The number of hydrogen-bond donors (Lipinski definition) is 3. The third-order valence-corrected chi connectivity index (χ3v) is 7.27. The number of carbonyl (C=O) groups is 1. The summed E-state index contributed by atoms with van der Waals surface area (Å²) in [4.78, 5) is 14.7. The van der Waals surface area contributed by atoms with Crippen LogP contribution in [0, 0.1) is 0 Å². The van der Waals surface area contributed by atoms with Crippen LogP contribution in [0.4, 0.5) is 27.5 Å². The van der Waals surface area contributed by atoms with Gasteiger partial charge in [-0.3, -0.25) is 4.72 Å². The molecule has 1 saturated heterocycles. The first kappa shape index (κ1) is 24.7. The number of benzene rings is 3. The van der Waals surface area contributed by atoms with E-state index < -0.39 is 16.1 Å². The fourth-order valence-corrected chi connectivity index (χ4v) is 5.50. The van der Waals surface area contributed by atoms with Crippen LogP contribution in [0.25, 0.3) is 0 Å². The molecule has 1 aliphatic rings. The van der Waals surface area contributed by atoms with Crippen molar-refractivity contribution in [3.05, 3.63) is 71.8 Å². The summed E-state index contributed by atoms with van der Waals surface area (Å²) in [6, 6.07) is 17.9. The van der Waals surface area contributed by atoms with E-state index in [-0.39, 0.29) is 4.90 Å². The number of nitrogens with zero attached hydrogens (tertiary/aromatic N) is 1. The standard InChI is InChI=1S/C25H27ClN4O4S/c1-34-23-11-4-3-10-21(23)29-35(32,33)24-17-20(12-13-22(24)30-14-5-2-6-15-30)28-25(31)27-19-9-7-8-18(26)16-19/h3-4,7-13,16-17,29H,2,5-6,14-15H2,1H3,(H2,27,28,31). The number of piperidine rings is 1. The maximum atomic E-state index is 13.6. The van der Waals surface area contributed by atoms with Gasteiger partial charge in [0.25, 0.3) is 10.0 Å². The Labute approximate surface area is 210 Å². The Bertz CT molecular complexity index is 1310. The number of urea groups is 1. The molecular weight excluding hydrogens is 488 g/mol. The summed E-state index contributed by atoms with van der Waals surface area (Å²) in [6.07, 6.45) is 3.09. The van der Waals surface area contributed by atoms with Gasteiger partial charge in [0.2, 0.25) is 0 Å². The number of sulfonamides is 1. The quantitative estimate of drug-likeness (QED) is 0.371. The zero-order chi connectivity index (χ0) is 24.8. The Morgan fingerprint density at radius 1 is 0.914 bits per heavy atom. The van der Waals surface area contributed by atoms with Crippen LogP contribution < -0.4 is 25.0 Å². The van der Waals surface area contributed by atoms with Crippen LogP contribution in [0.5, 0.6) is 5.75 Å². The van der Waals surface area contributed by atoms with Crippen molar-refractivity contribution < 1.29 is 17.9 Å². The number of methoxy groups -OCH3 is 1. The number of ether oxygens (including phenoxy) is 1. The predicted octanol–water partition coefficient (Wildman–Crippen LogP) is 5.78. The molecule has 10 heteroatoms. The fraction of sp³-hybridized carbons (Fsp3) is 0.240. The first-order chi connectivity index (χ1) is 16.9. The molecule has 0 aromatic heterocycles. The van der Waals surface area contributed by atoms with E-state index in [0.29, 0.717) is 33.5 Å². The summed E-state index contributed by atoms with van der Waals surface area (Å²) in [5.41, 5.74) is 1.78. The molecule has 0 radical (unpaired) electrons. The highest BCUT2D eigenvalue weighted by atomic mass is 35.5. The normalized spacial score (nSPS) is 13.7. The number of hydrogen-bond acceptors (Lipinski definition) is 5. The molecule has 1 fully saturated rings. The minimum atomic E-state index is -4.01. The Kier molecular flexibility index (Phi) is 7.67. The monoisotopic (exact) mass is 514 g/mol. The fourth-order valence-electron chi connectivity index (χ4n) is 3.99. The third-order valence-electron chi connectivity index (χ3n) is 5.64. The molecule has 0 spiro atoms. The Balaban J connectivity index is 1.64. The van der Waals surface area contributed by atoms with Gasteiger partial charge in [0, 0.05) is 29.5 Å². The maximum absolute atomic E-state index is 13.6. The summed E-state index contributed by atoms with van der Waals surface area (Å²) in [5.74, 6) is 0.408. The number of halogens is 1. The first-order valence-electron chi connectivity index (χ1n) is 11.2. The average molecular weight is 515 g/mol. The highest BCUT2D eigenvalue weighted by Crippen LogP contribution is 2.33.